The summed E-state index contributed by atoms with van der Waals surface area (Å²) in [7, 11) is 0. The fourth-order valence-electron chi connectivity index (χ4n) is 1.31. The molecule has 1 aromatic carbocycles. The average molecular weight is 215 g/mol. The summed E-state index contributed by atoms with van der Waals surface area (Å²) < 4.78 is 5.51. The highest BCUT2D eigenvalue weighted by Gasteiger charge is 2.16. The van der Waals surface area contributed by atoms with Crippen molar-refractivity contribution in [1.29, 1.82) is 0 Å². The van der Waals surface area contributed by atoms with E-state index in [0.29, 0.717) is 17.2 Å². The molecule has 0 aliphatic carbocycles. The van der Waals surface area contributed by atoms with Crippen LogP contribution in [0.2, 0.25) is 0 Å². The SMILES string of the molecule is NC(=O)c1ccc[nH+]c1Oc1ccccc1. The number of nitrogens with two attached hydrogens (primary N) is 1. The van der Waals surface area contributed by atoms with E-state index < -0.39 is 5.91 Å². The second kappa shape index (κ2) is 4.44. The Morgan fingerprint density at radius 2 is 1.88 bits per heavy atom. The molecule has 3 N–H and O–H groups in total. The van der Waals surface area contributed by atoms with Gasteiger partial charge in [-0.1, -0.05) is 18.2 Å². The van der Waals surface area contributed by atoms with Gasteiger partial charge in [-0.05, 0) is 18.2 Å². The van der Waals surface area contributed by atoms with Crippen molar-refractivity contribution in [3.63, 3.8) is 0 Å². The number of primary amides is 1. The van der Waals surface area contributed by atoms with E-state index in [2.05, 4.69) is 4.98 Å². The highest BCUT2D eigenvalue weighted by molar-refractivity contribution is 5.94. The van der Waals surface area contributed by atoms with Crippen molar-refractivity contribution in [2.45, 2.75) is 0 Å². The summed E-state index contributed by atoms with van der Waals surface area (Å²) >= 11 is 0. The number of aromatic amines is 1. The second-order valence-electron chi connectivity index (χ2n) is 3.19. The second-order valence-corrected chi connectivity index (χ2v) is 3.19. The first-order valence-electron chi connectivity index (χ1n) is 4.81. The van der Waals surface area contributed by atoms with Crippen LogP contribution in [0.25, 0.3) is 0 Å². The molecule has 0 unspecified atom stereocenters. The average Bonchev–Trinajstić information content (AvgIpc) is 2.31. The maximum Gasteiger partial charge on any atom is 0.384 e. The van der Waals surface area contributed by atoms with Crippen LogP contribution in [-0.4, -0.2) is 5.91 Å². The maximum atomic E-state index is 11.1. The van der Waals surface area contributed by atoms with Crippen molar-refractivity contribution in [3.05, 3.63) is 54.2 Å². The van der Waals surface area contributed by atoms with E-state index in [1.165, 1.54) is 0 Å². The number of ether oxygens (including phenoxy) is 1. The molecule has 0 atom stereocenters. The number of aromatic nitrogens is 1. The van der Waals surface area contributed by atoms with E-state index in [-0.39, 0.29) is 0 Å². The molecule has 0 radical (unpaired) electrons. The molecule has 80 valence electrons. The minimum Gasteiger partial charge on any atom is -0.405 e. The highest BCUT2D eigenvalue weighted by Crippen LogP contribution is 2.19. The van der Waals surface area contributed by atoms with Crippen LogP contribution in [0.1, 0.15) is 10.4 Å². The van der Waals surface area contributed by atoms with E-state index in [1.807, 2.05) is 18.2 Å². The van der Waals surface area contributed by atoms with Crippen LogP contribution >= 0.6 is 0 Å². The summed E-state index contributed by atoms with van der Waals surface area (Å²) in [5, 5.41) is 0. The van der Waals surface area contributed by atoms with Gasteiger partial charge in [0.15, 0.2) is 11.8 Å². The van der Waals surface area contributed by atoms with E-state index in [9.17, 15) is 4.79 Å². The Morgan fingerprint density at radius 1 is 1.12 bits per heavy atom. The molecular formula is C12H11N2O2+. The van der Waals surface area contributed by atoms with Crippen LogP contribution in [0.5, 0.6) is 11.6 Å². The van der Waals surface area contributed by atoms with Gasteiger partial charge < -0.3 is 10.5 Å². The van der Waals surface area contributed by atoms with E-state index in [4.69, 9.17) is 10.5 Å². The molecule has 0 fully saturated rings. The zero-order valence-corrected chi connectivity index (χ0v) is 8.51. The van der Waals surface area contributed by atoms with Crippen LogP contribution in [0, 0.1) is 0 Å². The molecule has 16 heavy (non-hydrogen) atoms. The van der Waals surface area contributed by atoms with Gasteiger partial charge in [0.05, 0.1) is 0 Å². The number of hydrogen-bond acceptors (Lipinski definition) is 2. The van der Waals surface area contributed by atoms with Crippen molar-refractivity contribution in [2.24, 2.45) is 5.73 Å². The molecule has 1 amide bonds. The lowest BCUT2D eigenvalue weighted by Gasteiger charge is -2.02. The molecule has 0 saturated heterocycles. The number of hydrogen-bond donors (Lipinski definition) is 1. The number of rotatable bonds is 3. The maximum absolute atomic E-state index is 11.1. The van der Waals surface area contributed by atoms with Crippen LogP contribution < -0.4 is 15.5 Å². The molecule has 4 heteroatoms. The lowest BCUT2D eigenvalue weighted by atomic mass is 10.2. The molecule has 0 spiro atoms. The topological polar surface area (TPSA) is 66.5 Å². The number of nitrogens with one attached hydrogen (secondary N) is 1. The first-order chi connectivity index (χ1) is 7.77. The summed E-state index contributed by atoms with van der Waals surface area (Å²) in [5.41, 5.74) is 5.55. The summed E-state index contributed by atoms with van der Waals surface area (Å²) in [4.78, 5) is 14.0. The number of benzene rings is 1. The fraction of sp³-hybridized carbons (Fsp3) is 0. The van der Waals surface area contributed by atoms with Crippen molar-refractivity contribution >= 4 is 5.91 Å². The van der Waals surface area contributed by atoms with Crippen molar-refractivity contribution in [3.8, 4) is 11.6 Å². The van der Waals surface area contributed by atoms with Crippen LogP contribution in [0.15, 0.2) is 48.7 Å². The van der Waals surface area contributed by atoms with Crippen LogP contribution in [0.3, 0.4) is 0 Å². The lowest BCUT2D eigenvalue weighted by Crippen LogP contribution is -2.17. The summed E-state index contributed by atoms with van der Waals surface area (Å²) in [6.07, 6.45) is 1.67. The first-order valence-corrected chi connectivity index (χ1v) is 4.81. The minimum absolute atomic E-state index is 0.325. The van der Waals surface area contributed by atoms with Crippen molar-refractivity contribution in [1.82, 2.24) is 0 Å². The molecule has 2 aromatic rings. The van der Waals surface area contributed by atoms with Gasteiger partial charge in [0.1, 0.15) is 5.75 Å². The van der Waals surface area contributed by atoms with Gasteiger partial charge in [-0.3, -0.25) is 4.79 Å². The smallest absolute Gasteiger partial charge is 0.384 e. The Bertz CT molecular complexity index is 497. The Labute approximate surface area is 92.7 Å². The molecule has 0 aliphatic rings. The zero-order chi connectivity index (χ0) is 11.4. The number of amides is 1. The van der Waals surface area contributed by atoms with E-state index in [0.717, 1.165) is 0 Å². The number of carbonyl (C=O) groups excluding carboxylic acids is 1. The predicted octanol–water partition coefficient (Wildman–Crippen LogP) is 1.39. The Kier molecular flexibility index (Phi) is 2.82. The molecule has 1 heterocycles. The Morgan fingerprint density at radius 3 is 2.56 bits per heavy atom. The van der Waals surface area contributed by atoms with Crippen molar-refractivity contribution in [2.75, 3.05) is 0 Å². The normalized spacial score (nSPS) is 9.75. The standard InChI is InChI=1S/C12H10N2O2/c13-11(15)10-7-4-8-14-12(10)16-9-5-2-1-3-6-9/h1-8H,(H2,13,15)/p+1. The molecule has 2 rings (SSSR count). The molecular weight excluding hydrogens is 204 g/mol. The van der Waals surface area contributed by atoms with Gasteiger partial charge in [0.2, 0.25) is 0 Å². The largest absolute Gasteiger partial charge is 0.405 e. The van der Waals surface area contributed by atoms with Gasteiger partial charge in [-0.2, -0.15) is 4.98 Å². The van der Waals surface area contributed by atoms with Crippen LogP contribution in [-0.2, 0) is 0 Å². The minimum atomic E-state index is -0.525. The zero-order valence-electron chi connectivity index (χ0n) is 8.51. The number of pyridine rings is 1. The highest BCUT2D eigenvalue weighted by atomic mass is 16.5. The number of carbonyl (C=O) groups is 1. The molecule has 1 aromatic heterocycles. The van der Waals surface area contributed by atoms with Gasteiger partial charge in [0.25, 0.3) is 5.91 Å². The summed E-state index contributed by atoms with van der Waals surface area (Å²) in [5.74, 6) is 0.469. The molecule has 0 aliphatic heterocycles. The number of para-hydroxylation sites is 1. The molecule has 4 nitrogen and oxygen atoms in total. The predicted molar refractivity (Wildman–Crippen MR) is 58.0 cm³/mol. The number of H-pyrrole nitrogens is 1. The third-order valence-corrected chi connectivity index (χ3v) is 2.05. The van der Waals surface area contributed by atoms with E-state index in [1.54, 1.807) is 30.5 Å². The Hall–Kier alpha value is -2.36. The van der Waals surface area contributed by atoms with Crippen LogP contribution in [0.4, 0.5) is 0 Å². The summed E-state index contributed by atoms with van der Waals surface area (Å²) in [6, 6.07) is 12.5. The van der Waals surface area contributed by atoms with Crippen molar-refractivity contribution < 1.29 is 14.5 Å². The third kappa shape index (κ3) is 2.17. The van der Waals surface area contributed by atoms with Gasteiger partial charge >= 0.3 is 5.88 Å². The van der Waals surface area contributed by atoms with Gasteiger partial charge in [-0.15, -0.1) is 0 Å². The molecule has 0 saturated carbocycles. The van der Waals surface area contributed by atoms with Gasteiger partial charge in [0, 0.05) is 6.07 Å². The monoisotopic (exact) mass is 215 g/mol. The summed E-state index contributed by atoms with van der Waals surface area (Å²) in [6.45, 7) is 0. The first kappa shape index (κ1) is 10.2. The fourth-order valence-corrected chi connectivity index (χ4v) is 1.31. The van der Waals surface area contributed by atoms with Gasteiger partial charge in [-0.25, -0.2) is 0 Å². The Balaban J connectivity index is 2.31. The lowest BCUT2D eigenvalue weighted by molar-refractivity contribution is -0.391. The third-order valence-electron chi connectivity index (χ3n) is 2.05. The van der Waals surface area contributed by atoms with E-state index >= 15 is 0 Å². The quantitative estimate of drug-likeness (QED) is 0.840. The molecule has 0 bridgehead atoms.